The van der Waals surface area contributed by atoms with Crippen LogP contribution in [0, 0.1) is 0 Å². The molecule has 4 nitrogen and oxygen atoms in total. The summed E-state index contributed by atoms with van der Waals surface area (Å²) in [6.45, 7) is 1.35. The lowest BCUT2D eigenvalue weighted by Gasteiger charge is -2.11. The maximum Gasteiger partial charge on any atom is 0.433 e. The number of hydrogen-bond donors (Lipinski definition) is 1. The van der Waals surface area contributed by atoms with Gasteiger partial charge in [0.1, 0.15) is 5.82 Å². The van der Waals surface area contributed by atoms with Crippen LogP contribution < -0.4 is 5.32 Å². The van der Waals surface area contributed by atoms with Crippen LogP contribution in [0.15, 0.2) is 6.07 Å². The highest BCUT2D eigenvalue weighted by atomic mass is 35.5. The van der Waals surface area contributed by atoms with E-state index in [1.807, 2.05) is 19.0 Å². The summed E-state index contributed by atoms with van der Waals surface area (Å²) in [4.78, 5) is 8.82. The monoisotopic (exact) mass is 282 g/mol. The van der Waals surface area contributed by atoms with Gasteiger partial charge in [0.15, 0.2) is 5.69 Å². The van der Waals surface area contributed by atoms with Crippen molar-refractivity contribution in [2.75, 3.05) is 32.5 Å². The van der Waals surface area contributed by atoms with Gasteiger partial charge in [-0.25, -0.2) is 9.97 Å². The summed E-state index contributed by atoms with van der Waals surface area (Å²) >= 11 is 5.45. The second-order valence-corrected chi connectivity index (χ2v) is 4.33. The van der Waals surface area contributed by atoms with Crippen molar-refractivity contribution in [1.29, 1.82) is 0 Å². The minimum Gasteiger partial charge on any atom is -0.370 e. The SMILES string of the molecule is CN(C)CCCNc1cc(C(F)(F)F)nc(Cl)n1. The first kappa shape index (κ1) is 15.0. The summed E-state index contributed by atoms with van der Waals surface area (Å²) < 4.78 is 37.4. The van der Waals surface area contributed by atoms with Crippen molar-refractivity contribution >= 4 is 17.4 Å². The molecular weight excluding hydrogens is 269 g/mol. The fraction of sp³-hybridized carbons (Fsp3) is 0.600. The van der Waals surface area contributed by atoms with E-state index in [1.54, 1.807) is 0 Å². The number of nitrogens with zero attached hydrogens (tertiary/aromatic N) is 3. The van der Waals surface area contributed by atoms with E-state index >= 15 is 0 Å². The van der Waals surface area contributed by atoms with E-state index in [2.05, 4.69) is 15.3 Å². The molecule has 0 bridgehead atoms. The Morgan fingerprint density at radius 1 is 1.33 bits per heavy atom. The number of hydrogen-bond acceptors (Lipinski definition) is 4. The average molecular weight is 283 g/mol. The second kappa shape index (κ2) is 6.19. The molecule has 1 aromatic rings. The van der Waals surface area contributed by atoms with E-state index in [4.69, 9.17) is 11.6 Å². The zero-order valence-corrected chi connectivity index (χ0v) is 10.8. The number of alkyl halides is 3. The highest BCUT2D eigenvalue weighted by molar-refractivity contribution is 6.28. The molecule has 0 atom stereocenters. The van der Waals surface area contributed by atoms with Crippen LogP contribution in [0.25, 0.3) is 0 Å². The summed E-state index contributed by atoms with van der Waals surface area (Å²) in [5.74, 6) is 0.0843. The van der Waals surface area contributed by atoms with Crippen LogP contribution in [0.2, 0.25) is 5.28 Å². The van der Waals surface area contributed by atoms with Gasteiger partial charge >= 0.3 is 6.18 Å². The minimum absolute atomic E-state index is 0.0843. The van der Waals surface area contributed by atoms with Gasteiger partial charge in [0, 0.05) is 12.6 Å². The number of halogens is 4. The van der Waals surface area contributed by atoms with E-state index in [-0.39, 0.29) is 5.82 Å². The van der Waals surface area contributed by atoms with Crippen molar-refractivity contribution in [3.05, 3.63) is 17.0 Å². The van der Waals surface area contributed by atoms with Gasteiger partial charge in [-0.3, -0.25) is 0 Å². The molecule has 1 N–H and O–H groups in total. The Morgan fingerprint density at radius 3 is 2.56 bits per heavy atom. The summed E-state index contributed by atoms with van der Waals surface area (Å²) in [5, 5.41) is 2.37. The molecule has 1 heterocycles. The van der Waals surface area contributed by atoms with Crippen LogP contribution in [0.1, 0.15) is 12.1 Å². The Labute approximate surface area is 108 Å². The molecule has 0 unspecified atom stereocenters. The van der Waals surface area contributed by atoms with Crippen molar-refractivity contribution in [2.24, 2.45) is 0 Å². The average Bonchev–Trinajstić information content (AvgIpc) is 2.22. The molecule has 102 valence electrons. The van der Waals surface area contributed by atoms with Gasteiger partial charge in [0.2, 0.25) is 5.28 Å². The first-order valence-electron chi connectivity index (χ1n) is 5.29. The van der Waals surface area contributed by atoms with Crippen molar-refractivity contribution < 1.29 is 13.2 Å². The van der Waals surface area contributed by atoms with Gasteiger partial charge in [-0.05, 0) is 38.7 Å². The molecule has 0 saturated carbocycles. The fourth-order valence-corrected chi connectivity index (χ4v) is 1.45. The van der Waals surface area contributed by atoms with Gasteiger partial charge in [-0.15, -0.1) is 0 Å². The van der Waals surface area contributed by atoms with Crippen LogP contribution in [0.3, 0.4) is 0 Å². The smallest absolute Gasteiger partial charge is 0.370 e. The van der Waals surface area contributed by atoms with Crippen molar-refractivity contribution in [1.82, 2.24) is 14.9 Å². The van der Waals surface area contributed by atoms with E-state index in [9.17, 15) is 13.2 Å². The predicted octanol–water partition coefficient (Wildman–Crippen LogP) is 2.51. The zero-order chi connectivity index (χ0) is 13.8. The van der Waals surface area contributed by atoms with Crippen molar-refractivity contribution in [3.63, 3.8) is 0 Å². The molecule has 0 fully saturated rings. The standard InChI is InChI=1S/C10H14ClF3N4/c1-18(2)5-3-4-15-8-6-7(10(12,13)14)16-9(11)17-8/h6H,3-5H2,1-2H3,(H,15,16,17). The van der Waals surface area contributed by atoms with E-state index in [0.29, 0.717) is 6.54 Å². The Bertz CT molecular complexity index is 395. The number of nitrogens with one attached hydrogen (secondary N) is 1. The maximum absolute atomic E-state index is 12.5. The molecule has 0 radical (unpaired) electrons. The van der Waals surface area contributed by atoms with E-state index in [0.717, 1.165) is 19.0 Å². The maximum atomic E-state index is 12.5. The summed E-state index contributed by atoms with van der Waals surface area (Å²) in [7, 11) is 3.84. The fourth-order valence-electron chi connectivity index (χ4n) is 1.27. The first-order chi connectivity index (χ1) is 8.29. The third-order valence-electron chi connectivity index (χ3n) is 2.08. The predicted molar refractivity (Wildman–Crippen MR) is 63.7 cm³/mol. The molecule has 0 spiro atoms. The van der Waals surface area contributed by atoms with Gasteiger partial charge < -0.3 is 10.2 Å². The highest BCUT2D eigenvalue weighted by Gasteiger charge is 2.33. The Hall–Kier alpha value is -1.08. The van der Waals surface area contributed by atoms with Gasteiger partial charge in [-0.1, -0.05) is 0 Å². The Kier molecular flexibility index (Phi) is 5.15. The Balaban J connectivity index is 2.63. The molecule has 0 amide bonds. The highest BCUT2D eigenvalue weighted by Crippen LogP contribution is 2.29. The van der Waals surface area contributed by atoms with Gasteiger partial charge in [-0.2, -0.15) is 13.2 Å². The zero-order valence-electron chi connectivity index (χ0n) is 10.1. The summed E-state index contributed by atoms with van der Waals surface area (Å²) in [6, 6.07) is 0.849. The number of anilines is 1. The topological polar surface area (TPSA) is 41.0 Å². The van der Waals surface area contributed by atoms with Crippen LogP contribution >= 0.6 is 11.6 Å². The molecule has 0 aromatic carbocycles. The third kappa shape index (κ3) is 5.05. The van der Waals surface area contributed by atoms with Crippen LogP contribution in [-0.4, -0.2) is 42.1 Å². The minimum atomic E-state index is -4.52. The molecule has 0 aliphatic carbocycles. The quantitative estimate of drug-likeness (QED) is 0.665. The normalized spacial score (nSPS) is 11.9. The van der Waals surface area contributed by atoms with Crippen molar-refractivity contribution in [2.45, 2.75) is 12.6 Å². The Morgan fingerprint density at radius 2 is 2.00 bits per heavy atom. The molecule has 1 rings (SSSR count). The van der Waals surface area contributed by atoms with Crippen LogP contribution in [0.5, 0.6) is 0 Å². The van der Waals surface area contributed by atoms with E-state index < -0.39 is 17.2 Å². The second-order valence-electron chi connectivity index (χ2n) is 3.99. The van der Waals surface area contributed by atoms with Crippen LogP contribution in [0.4, 0.5) is 19.0 Å². The number of rotatable bonds is 5. The first-order valence-corrected chi connectivity index (χ1v) is 5.67. The van der Waals surface area contributed by atoms with Crippen molar-refractivity contribution in [3.8, 4) is 0 Å². The van der Waals surface area contributed by atoms with Gasteiger partial charge in [0.05, 0.1) is 0 Å². The van der Waals surface area contributed by atoms with Gasteiger partial charge in [0.25, 0.3) is 0 Å². The molecule has 0 saturated heterocycles. The molecular formula is C10H14ClF3N4. The summed E-state index contributed by atoms with van der Waals surface area (Å²) in [6.07, 6.45) is -3.73. The lowest BCUT2D eigenvalue weighted by molar-refractivity contribution is -0.141. The summed E-state index contributed by atoms with van der Waals surface area (Å²) in [5.41, 5.74) is -1.04. The molecule has 18 heavy (non-hydrogen) atoms. The number of aromatic nitrogens is 2. The third-order valence-corrected chi connectivity index (χ3v) is 2.25. The largest absolute Gasteiger partial charge is 0.433 e. The molecule has 0 aliphatic rings. The van der Waals surface area contributed by atoms with E-state index in [1.165, 1.54) is 0 Å². The lowest BCUT2D eigenvalue weighted by atomic mass is 10.3. The molecule has 8 heteroatoms. The van der Waals surface area contributed by atoms with Crippen LogP contribution in [-0.2, 0) is 6.18 Å². The molecule has 0 aliphatic heterocycles. The molecule has 1 aromatic heterocycles. The lowest BCUT2D eigenvalue weighted by Crippen LogP contribution is -2.17.